The minimum atomic E-state index is -0.280. The minimum absolute atomic E-state index is 0.0972. The van der Waals surface area contributed by atoms with Gasteiger partial charge < -0.3 is 29.2 Å². The van der Waals surface area contributed by atoms with Crippen LogP contribution in [0.1, 0.15) is 12.8 Å². The molecule has 4 aliphatic rings. The van der Waals surface area contributed by atoms with Crippen LogP contribution in [0, 0.1) is 11.8 Å². The quantitative estimate of drug-likeness (QED) is 0.610. The molecule has 0 aromatic carbocycles. The van der Waals surface area contributed by atoms with Crippen molar-refractivity contribution >= 4 is 0 Å². The molecule has 0 amide bonds. The van der Waals surface area contributed by atoms with Crippen molar-refractivity contribution in [3.8, 4) is 0 Å². The van der Waals surface area contributed by atoms with Crippen molar-refractivity contribution in [1.82, 2.24) is 0 Å². The van der Waals surface area contributed by atoms with Crippen LogP contribution in [0.4, 0.5) is 0 Å². The SMILES string of the molecule is O[C@@H]1CO[C@H]2OCC[C@H]21.O[C@H]1CO[C@@H]2OCC[C@@H]21. The second-order valence-corrected chi connectivity index (χ2v) is 5.18. The number of hydrogen-bond donors (Lipinski definition) is 2. The Morgan fingerprint density at radius 2 is 1.11 bits per heavy atom. The Morgan fingerprint density at radius 1 is 0.667 bits per heavy atom. The van der Waals surface area contributed by atoms with Crippen LogP contribution in [-0.2, 0) is 18.9 Å². The van der Waals surface area contributed by atoms with Crippen LogP contribution >= 0.6 is 0 Å². The van der Waals surface area contributed by atoms with Crippen molar-refractivity contribution in [2.75, 3.05) is 26.4 Å². The standard InChI is InChI=1S/2C6H10O3/c2*7-5-3-9-6-4(5)1-2-8-6/h2*4-7H,1-3H2/t2*4-,5+,6+/m10/s1. The fourth-order valence-corrected chi connectivity index (χ4v) is 2.88. The van der Waals surface area contributed by atoms with Crippen molar-refractivity contribution in [2.45, 2.75) is 37.6 Å². The lowest BCUT2D eigenvalue weighted by Gasteiger charge is -2.06. The molecule has 2 N–H and O–H groups in total. The maximum Gasteiger partial charge on any atom is 0.163 e. The number of rotatable bonds is 0. The van der Waals surface area contributed by atoms with Crippen LogP contribution in [0.5, 0.6) is 0 Å². The first kappa shape index (κ1) is 12.8. The lowest BCUT2D eigenvalue weighted by atomic mass is 10.0. The van der Waals surface area contributed by atoms with E-state index in [0.29, 0.717) is 13.2 Å². The molecule has 0 spiro atoms. The Balaban J connectivity index is 0.000000111. The highest BCUT2D eigenvalue weighted by atomic mass is 16.7. The molecule has 104 valence electrons. The van der Waals surface area contributed by atoms with Crippen molar-refractivity contribution in [1.29, 1.82) is 0 Å². The van der Waals surface area contributed by atoms with Gasteiger partial charge in [-0.1, -0.05) is 0 Å². The molecule has 0 aromatic heterocycles. The molecule has 0 aromatic rings. The first-order valence-electron chi connectivity index (χ1n) is 6.58. The zero-order chi connectivity index (χ0) is 12.5. The smallest absolute Gasteiger partial charge is 0.163 e. The third-order valence-electron chi connectivity index (χ3n) is 4.02. The molecule has 0 radical (unpaired) electrons. The van der Waals surface area contributed by atoms with E-state index in [1.165, 1.54) is 0 Å². The van der Waals surface area contributed by atoms with Gasteiger partial charge in [-0.05, 0) is 12.8 Å². The van der Waals surface area contributed by atoms with E-state index in [-0.39, 0.29) is 36.6 Å². The van der Waals surface area contributed by atoms with Gasteiger partial charge in [0.2, 0.25) is 0 Å². The topological polar surface area (TPSA) is 77.4 Å². The van der Waals surface area contributed by atoms with E-state index in [0.717, 1.165) is 26.1 Å². The highest BCUT2D eigenvalue weighted by Crippen LogP contribution is 2.31. The Bertz CT molecular complexity index is 258. The van der Waals surface area contributed by atoms with Crippen LogP contribution in [0.15, 0.2) is 0 Å². The van der Waals surface area contributed by atoms with E-state index in [1.807, 2.05) is 0 Å². The molecule has 4 heterocycles. The minimum Gasteiger partial charge on any atom is -0.390 e. The van der Waals surface area contributed by atoms with E-state index in [1.54, 1.807) is 0 Å². The predicted molar refractivity (Wildman–Crippen MR) is 59.6 cm³/mol. The Kier molecular flexibility index (Phi) is 3.83. The van der Waals surface area contributed by atoms with E-state index < -0.39 is 0 Å². The monoisotopic (exact) mass is 260 g/mol. The van der Waals surface area contributed by atoms with Gasteiger partial charge in [0.1, 0.15) is 0 Å². The first-order chi connectivity index (χ1) is 8.75. The van der Waals surface area contributed by atoms with Gasteiger partial charge in [0.05, 0.1) is 38.6 Å². The molecule has 4 rings (SSSR count). The van der Waals surface area contributed by atoms with Gasteiger partial charge >= 0.3 is 0 Å². The first-order valence-corrected chi connectivity index (χ1v) is 6.58. The molecule has 0 unspecified atom stereocenters. The third kappa shape index (κ3) is 2.41. The fraction of sp³-hybridized carbons (Fsp3) is 1.00. The summed E-state index contributed by atoms with van der Waals surface area (Å²) >= 11 is 0. The number of hydrogen-bond acceptors (Lipinski definition) is 6. The van der Waals surface area contributed by atoms with Crippen LogP contribution in [0.25, 0.3) is 0 Å². The molecule has 0 aliphatic carbocycles. The van der Waals surface area contributed by atoms with E-state index in [4.69, 9.17) is 18.9 Å². The lowest BCUT2D eigenvalue weighted by Crippen LogP contribution is -2.18. The Hall–Kier alpha value is -0.240. The van der Waals surface area contributed by atoms with Gasteiger partial charge in [-0.25, -0.2) is 0 Å². The van der Waals surface area contributed by atoms with Crippen LogP contribution in [0.3, 0.4) is 0 Å². The molecule has 4 saturated heterocycles. The number of ether oxygens (including phenoxy) is 4. The third-order valence-corrected chi connectivity index (χ3v) is 4.02. The van der Waals surface area contributed by atoms with Crippen molar-refractivity contribution < 1.29 is 29.2 Å². The van der Waals surface area contributed by atoms with E-state index in [2.05, 4.69) is 0 Å². The van der Waals surface area contributed by atoms with Gasteiger partial charge in [-0.3, -0.25) is 0 Å². The van der Waals surface area contributed by atoms with Crippen LogP contribution in [-0.4, -0.2) is 61.4 Å². The highest BCUT2D eigenvalue weighted by molar-refractivity contribution is 4.82. The molecule has 0 bridgehead atoms. The molecular weight excluding hydrogens is 240 g/mol. The largest absolute Gasteiger partial charge is 0.390 e. The molecule has 18 heavy (non-hydrogen) atoms. The van der Waals surface area contributed by atoms with Gasteiger partial charge in [-0.15, -0.1) is 0 Å². The predicted octanol–water partition coefficient (Wildman–Crippen LogP) is -0.520. The van der Waals surface area contributed by atoms with Gasteiger partial charge in [-0.2, -0.15) is 0 Å². The lowest BCUT2D eigenvalue weighted by molar-refractivity contribution is -0.0909. The zero-order valence-corrected chi connectivity index (χ0v) is 10.2. The molecule has 0 saturated carbocycles. The summed E-state index contributed by atoms with van der Waals surface area (Å²) in [7, 11) is 0. The number of fused-ring (bicyclic) bond motifs is 2. The maximum atomic E-state index is 9.19. The van der Waals surface area contributed by atoms with Gasteiger partial charge in [0, 0.05) is 11.8 Å². The number of aliphatic hydroxyl groups is 2. The summed E-state index contributed by atoms with van der Waals surface area (Å²) < 4.78 is 20.6. The Morgan fingerprint density at radius 3 is 1.50 bits per heavy atom. The van der Waals surface area contributed by atoms with Crippen molar-refractivity contribution in [2.24, 2.45) is 11.8 Å². The van der Waals surface area contributed by atoms with E-state index >= 15 is 0 Å². The second-order valence-electron chi connectivity index (χ2n) is 5.18. The van der Waals surface area contributed by atoms with Crippen LogP contribution < -0.4 is 0 Å². The van der Waals surface area contributed by atoms with Crippen LogP contribution in [0.2, 0.25) is 0 Å². The average Bonchev–Trinajstić information content (AvgIpc) is 3.06. The summed E-state index contributed by atoms with van der Waals surface area (Å²) in [5.41, 5.74) is 0. The maximum absolute atomic E-state index is 9.19. The van der Waals surface area contributed by atoms with Gasteiger partial charge in [0.25, 0.3) is 0 Å². The summed E-state index contributed by atoms with van der Waals surface area (Å²) in [4.78, 5) is 0. The summed E-state index contributed by atoms with van der Waals surface area (Å²) in [6.07, 6.45) is 1.15. The Labute approximate surface area is 106 Å². The summed E-state index contributed by atoms with van der Waals surface area (Å²) in [5.74, 6) is 0.509. The number of aliphatic hydroxyl groups excluding tert-OH is 2. The van der Waals surface area contributed by atoms with Crippen molar-refractivity contribution in [3.63, 3.8) is 0 Å². The molecule has 4 aliphatic heterocycles. The van der Waals surface area contributed by atoms with Gasteiger partial charge in [0.15, 0.2) is 12.6 Å². The van der Waals surface area contributed by atoms with E-state index in [9.17, 15) is 10.2 Å². The normalized spacial score (nSPS) is 49.7. The molecule has 6 nitrogen and oxygen atoms in total. The summed E-state index contributed by atoms with van der Waals surface area (Å²) in [6.45, 7) is 2.39. The second kappa shape index (κ2) is 5.40. The summed E-state index contributed by atoms with van der Waals surface area (Å²) in [5, 5.41) is 18.4. The summed E-state index contributed by atoms with van der Waals surface area (Å²) in [6, 6.07) is 0. The van der Waals surface area contributed by atoms with Crippen molar-refractivity contribution in [3.05, 3.63) is 0 Å². The molecular formula is C12H20O6. The molecule has 6 atom stereocenters. The molecule has 4 fully saturated rings. The fourth-order valence-electron chi connectivity index (χ4n) is 2.88. The highest BCUT2D eigenvalue weighted by Gasteiger charge is 2.41. The molecule has 6 heteroatoms. The zero-order valence-electron chi connectivity index (χ0n) is 10.2. The average molecular weight is 260 g/mol.